The van der Waals surface area contributed by atoms with E-state index in [-0.39, 0.29) is 62.0 Å². The molecule has 1 aromatic carbocycles. The molecule has 0 aliphatic rings. The van der Waals surface area contributed by atoms with Crippen molar-refractivity contribution in [3.05, 3.63) is 34.4 Å². The third-order valence-electron chi connectivity index (χ3n) is 1.23. The van der Waals surface area contributed by atoms with E-state index in [4.69, 9.17) is 4.55 Å². The molecule has 13 heavy (non-hydrogen) atoms. The second-order valence-electron chi connectivity index (χ2n) is 2.00. The van der Waals surface area contributed by atoms with Crippen LogP contribution in [-0.4, -0.2) is 65.1 Å². The van der Waals surface area contributed by atoms with Gasteiger partial charge in [0.25, 0.3) is 5.69 Å². The average Bonchev–Trinajstić information content (AvgIpc) is 2.04. The summed E-state index contributed by atoms with van der Waals surface area (Å²) in [6, 6.07) is 5.04. The Balaban J connectivity index is 0.00000144. The molecule has 0 aliphatic carbocycles. The molecule has 0 spiro atoms. The maximum atomic E-state index is 10.5. The zero-order chi connectivity index (χ0) is 9.14. The van der Waals surface area contributed by atoms with Crippen molar-refractivity contribution in [2.45, 2.75) is 4.90 Å². The Labute approximate surface area is 119 Å². The van der Waals surface area contributed by atoms with Gasteiger partial charge in [-0.15, -0.1) is 0 Å². The van der Waals surface area contributed by atoms with Crippen LogP contribution < -0.4 is 0 Å². The predicted molar refractivity (Wildman–Crippen MR) is 49.3 cm³/mol. The van der Waals surface area contributed by atoms with E-state index < -0.39 is 16.0 Å². The number of nitrogens with zero attached hydrogens (tertiary/aromatic N) is 1. The molecule has 1 atom stereocenters. The number of hydrogen-bond donors (Lipinski definition) is 1. The van der Waals surface area contributed by atoms with Crippen LogP contribution >= 0.6 is 0 Å². The standard InChI is InChI=1S/C6H5NO4S.K.H/c8-7(9)5-2-1-3-6(4-5)12(10)11;;/h1-4H,(H,10,11);;. The first-order valence-electron chi connectivity index (χ1n) is 2.96. The van der Waals surface area contributed by atoms with Crippen LogP contribution in [0.1, 0.15) is 0 Å². The quantitative estimate of drug-likeness (QED) is 0.346. The minimum absolute atomic E-state index is 0. The number of hydrogen-bond acceptors (Lipinski definition) is 3. The Bertz CT molecular complexity index is 314. The first kappa shape index (κ1) is 13.4. The SMILES string of the molecule is O=[N+]([O-])c1cccc(S(=O)O)c1.[KH]. The summed E-state index contributed by atoms with van der Waals surface area (Å²) < 4.78 is 19.0. The molecule has 0 bridgehead atoms. The van der Waals surface area contributed by atoms with Gasteiger partial charge in [-0.1, -0.05) is 6.07 Å². The molecule has 1 N–H and O–H groups in total. The Morgan fingerprint density at radius 2 is 2.08 bits per heavy atom. The second kappa shape index (κ2) is 5.96. The molecule has 1 rings (SSSR count). The van der Waals surface area contributed by atoms with Gasteiger partial charge in [0.15, 0.2) is 11.1 Å². The number of rotatable bonds is 2. The van der Waals surface area contributed by atoms with Gasteiger partial charge in [0.1, 0.15) is 0 Å². The molecule has 0 radical (unpaired) electrons. The zero-order valence-corrected chi connectivity index (χ0v) is 6.65. The van der Waals surface area contributed by atoms with Crippen LogP contribution in [0.25, 0.3) is 0 Å². The van der Waals surface area contributed by atoms with Gasteiger partial charge >= 0.3 is 51.4 Å². The second-order valence-corrected chi connectivity index (χ2v) is 2.97. The molecule has 1 unspecified atom stereocenters. The van der Waals surface area contributed by atoms with Gasteiger partial charge in [-0.05, 0) is 6.07 Å². The Morgan fingerprint density at radius 1 is 1.46 bits per heavy atom. The Hall–Kier alpha value is 0.366. The fourth-order valence-electron chi connectivity index (χ4n) is 0.706. The molecule has 0 saturated carbocycles. The number of non-ortho nitro benzene ring substituents is 1. The number of nitro benzene ring substituents is 1. The third-order valence-corrected chi connectivity index (χ3v) is 1.89. The molecule has 1 aromatic rings. The van der Waals surface area contributed by atoms with E-state index in [0.717, 1.165) is 6.07 Å². The van der Waals surface area contributed by atoms with Crippen LogP contribution in [0.5, 0.6) is 0 Å². The van der Waals surface area contributed by atoms with E-state index in [1.54, 1.807) is 0 Å². The third kappa shape index (κ3) is 3.94. The molecule has 7 heteroatoms. The van der Waals surface area contributed by atoms with E-state index >= 15 is 0 Å². The van der Waals surface area contributed by atoms with Gasteiger partial charge in [0.2, 0.25) is 0 Å². The molecule has 0 heterocycles. The van der Waals surface area contributed by atoms with Gasteiger partial charge in [-0.2, -0.15) is 0 Å². The fraction of sp³-hybridized carbons (Fsp3) is 0. The van der Waals surface area contributed by atoms with Crippen molar-refractivity contribution < 1.29 is 13.7 Å². The minimum atomic E-state index is -2.16. The molecular formula is C6H6KNO4S. The van der Waals surface area contributed by atoms with Gasteiger partial charge in [0, 0.05) is 12.1 Å². The van der Waals surface area contributed by atoms with Crippen molar-refractivity contribution in [1.29, 1.82) is 0 Å². The maximum absolute atomic E-state index is 10.5. The molecule has 0 amide bonds. The van der Waals surface area contributed by atoms with Crippen molar-refractivity contribution in [1.82, 2.24) is 0 Å². The van der Waals surface area contributed by atoms with Gasteiger partial charge < -0.3 is 4.55 Å². The van der Waals surface area contributed by atoms with E-state index in [2.05, 4.69) is 0 Å². The molecule has 5 nitrogen and oxygen atoms in total. The summed E-state index contributed by atoms with van der Waals surface area (Å²) in [5.41, 5.74) is -0.185. The summed E-state index contributed by atoms with van der Waals surface area (Å²) in [5, 5.41) is 10.2. The number of benzene rings is 1. The van der Waals surface area contributed by atoms with Crippen molar-refractivity contribution in [3.63, 3.8) is 0 Å². The summed E-state index contributed by atoms with van der Waals surface area (Å²) in [5.74, 6) is 0. The van der Waals surface area contributed by atoms with Crippen molar-refractivity contribution >= 4 is 68.2 Å². The Morgan fingerprint density at radius 3 is 2.54 bits per heavy atom. The van der Waals surface area contributed by atoms with E-state index in [1.807, 2.05) is 0 Å². The number of nitro groups is 1. The van der Waals surface area contributed by atoms with E-state index in [9.17, 15) is 14.3 Å². The molecule has 0 aromatic heterocycles. The fourth-order valence-corrected chi connectivity index (χ4v) is 1.12. The van der Waals surface area contributed by atoms with Gasteiger partial charge in [-0.25, -0.2) is 4.21 Å². The molecule has 0 aliphatic heterocycles. The molecule has 66 valence electrons. The normalized spacial score (nSPS) is 11.5. The summed E-state index contributed by atoms with van der Waals surface area (Å²) in [6.45, 7) is 0. The average molecular weight is 227 g/mol. The first-order chi connectivity index (χ1) is 5.61. The van der Waals surface area contributed by atoms with Crippen LogP contribution in [0.15, 0.2) is 29.2 Å². The van der Waals surface area contributed by atoms with Gasteiger partial charge in [-0.3, -0.25) is 10.1 Å². The summed E-state index contributed by atoms with van der Waals surface area (Å²) in [7, 11) is 0. The van der Waals surface area contributed by atoms with Crippen molar-refractivity contribution in [3.8, 4) is 0 Å². The first-order valence-corrected chi connectivity index (χ1v) is 4.07. The Kier molecular flexibility index (Phi) is 6.13. The zero-order valence-electron chi connectivity index (χ0n) is 5.84. The van der Waals surface area contributed by atoms with E-state index in [0.29, 0.717) is 0 Å². The molecule has 0 fully saturated rings. The predicted octanol–water partition coefficient (Wildman–Crippen LogP) is 0.527. The van der Waals surface area contributed by atoms with Crippen molar-refractivity contribution in [2.75, 3.05) is 0 Å². The van der Waals surface area contributed by atoms with E-state index in [1.165, 1.54) is 18.2 Å². The van der Waals surface area contributed by atoms with Crippen LogP contribution in [0.2, 0.25) is 0 Å². The van der Waals surface area contributed by atoms with Crippen LogP contribution in [0, 0.1) is 10.1 Å². The summed E-state index contributed by atoms with van der Waals surface area (Å²) in [4.78, 5) is 9.62. The summed E-state index contributed by atoms with van der Waals surface area (Å²) in [6.07, 6.45) is 0. The molecule has 0 saturated heterocycles. The van der Waals surface area contributed by atoms with Crippen LogP contribution in [-0.2, 0) is 11.1 Å². The monoisotopic (exact) mass is 227 g/mol. The van der Waals surface area contributed by atoms with Crippen LogP contribution in [0.3, 0.4) is 0 Å². The van der Waals surface area contributed by atoms with Crippen molar-refractivity contribution in [2.24, 2.45) is 0 Å². The van der Waals surface area contributed by atoms with Gasteiger partial charge in [0.05, 0.1) is 9.82 Å². The molecular weight excluding hydrogens is 221 g/mol. The van der Waals surface area contributed by atoms with Crippen LogP contribution in [0.4, 0.5) is 5.69 Å². The topological polar surface area (TPSA) is 80.4 Å². The summed E-state index contributed by atoms with van der Waals surface area (Å²) >= 11 is -2.16.